The van der Waals surface area contributed by atoms with Gasteiger partial charge in [0.25, 0.3) is 5.56 Å². The van der Waals surface area contributed by atoms with Crippen LogP contribution in [0.2, 0.25) is 0 Å². The Morgan fingerprint density at radius 2 is 1.80 bits per heavy atom. The van der Waals surface area contributed by atoms with Gasteiger partial charge < -0.3 is 10.3 Å². The predicted molar refractivity (Wildman–Crippen MR) is 96.0 cm³/mol. The second kappa shape index (κ2) is 7.75. The third-order valence-electron chi connectivity index (χ3n) is 4.10. The maximum Gasteiger partial charge on any atom is 0.251 e. The zero-order chi connectivity index (χ0) is 17.6. The maximum absolute atomic E-state index is 12.8. The molecule has 0 unspecified atom stereocenters. The molecule has 1 amide bonds. The number of aromatic amines is 1. The van der Waals surface area contributed by atoms with Crippen molar-refractivity contribution in [3.8, 4) is 0 Å². The molecule has 0 spiro atoms. The Morgan fingerprint density at radius 3 is 2.60 bits per heavy atom. The van der Waals surface area contributed by atoms with Gasteiger partial charge in [0.05, 0.1) is 0 Å². The molecule has 0 aliphatic rings. The van der Waals surface area contributed by atoms with Gasteiger partial charge in [0.15, 0.2) is 0 Å². The van der Waals surface area contributed by atoms with Crippen molar-refractivity contribution in [1.29, 1.82) is 0 Å². The van der Waals surface area contributed by atoms with Crippen molar-refractivity contribution >= 4 is 16.8 Å². The second-order valence-electron chi connectivity index (χ2n) is 5.94. The van der Waals surface area contributed by atoms with Gasteiger partial charge in [-0.3, -0.25) is 9.59 Å². The molecule has 1 heterocycles. The van der Waals surface area contributed by atoms with Gasteiger partial charge >= 0.3 is 0 Å². The third-order valence-corrected chi connectivity index (χ3v) is 4.10. The first kappa shape index (κ1) is 16.9. The molecule has 0 saturated heterocycles. The molecule has 0 saturated carbocycles. The fourth-order valence-corrected chi connectivity index (χ4v) is 2.71. The highest BCUT2D eigenvalue weighted by Crippen LogP contribution is 2.10. The molecule has 0 fully saturated rings. The van der Waals surface area contributed by atoms with Crippen LogP contribution in [0.4, 0.5) is 4.39 Å². The van der Waals surface area contributed by atoms with Crippen LogP contribution in [-0.2, 0) is 17.6 Å². The zero-order valence-corrected chi connectivity index (χ0v) is 13.7. The van der Waals surface area contributed by atoms with Crippen molar-refractivity contribution in [2.75, 3.05) is 6.54 Å². The molecule has 3 aromatic rings. The Labute approximate surface area is 144 Å². The van der Waals surface area contributed by atoms with E-state index in [1.807, 2.05) is 30.3 Å². The Hall–Kier alpha value is -2.95. The van der Waals surface area contributed by atoms with Crippen LogP contribution in [-0.4, -0.2) is 17.4 Å². The molecular weight excluding hydrogens is 319 g/mol. The van der Waals surface area contributed by atoms with E-state index in [9.17, 15) is 14.0 Å². The summed E-state index contributed by atoms with van der Waals surface area (Å²) in [6, 6.07) is 15.6. The summed E-state index contributed by atoms with van der Waals surface area (Å²) in [5, 5.41) is 3.79. The van der Waals surface area contributed by atoms with E-state index in [-0.39, 0.29) is 17.3 Å². The average molecular weight is 338 g/mol. The number of H-pyrrole nitrogens is 1. The highest BCUT2D eigenvalue weighted by Gasteiger charge is 2.05. The molecule has 3 rings (SSSR count). The highest BCUT2D eigenvalue weighted by atomic mass is 19.1. The predicted octanol–water partition coefficient (Wildman–Crippen LogP) is 2.96. The fraction of sp³-hybridized carbons (Fsp3) is 0.200. The summed E-state index contributed by atoms with van der Waals surface area (Å²) in [7, 11) is 0. The van der Waals surface area contributed by atoms with Gasteiger partial charge in [-0.25, -0.2) is 4.39 Å². The van der Waals surface area contributed by atoms with Gasteiger partial charge in [-0.05, 0) is 48.1 Å². The SMILES string of the molecule is O=C(CCc1ccc(F)cc1)NCCc1cc2ccccc2[nH]c1=O. The normalized spacial score (nSPS) is 10.8. The van der Waals surface area contributed by atoms with E-state index >= 15 is 0 Å². The lowest BCUT2D eigenvalue weighted by Gasteiger charge is -2.06. The van der Waals surface area contributed by atoms with Crippen molar-refractivity contribution in [3.05, 3.63) is 81.9 Å². The zero-order valence-electron chi connectivity index (χ0n) is 13.7. The molecule has 4 nitrogen and oxygen atoms in total. The molecule has 1 aromatic heterocycles. The number of halogens is 1. The number of benzene rings is 2. The first-order valence-electron chi connectivity index (χ1n) is 8.24. The minimum Gasteiger partial charge on any atom is -0.356 e. The minimum atomic E-state index is -0.284. The fourth-order valence-electron chi connectivity index (χ4n) is 2.71. The van der Waals surface area contributed by atoms with Gasteiger partial charge in [-0.15, -0.1) is 0 Å². The third kappa shape index (κ3) is 4.53. The van der Waals surface area contributed by atoms with E-state index in [2.05, 4.69) is 10.3 Å². The van der Waals surface area contributed by atoms with E-state index < -0.39 is 0 Å². The Balaban J connectivity index is 1.50. The van der Waals surface area contributed by atoms with Crippen LogP contribution in [0.5, 0.6) is 0 Å². The smallest absolute Gasteiger partial charge is 0.251 e. The average Bonchev–Trinajstić information content (AvgIpc) is 2.61. The molecular formula is C20H19FN2O2. The van der Waals surface area contributed by atoms with Crippen molar-refractivity contribution in [1.82, 2.24) is 10.3 Å². The summed E-state index contributed by atoms with van der Waals surface area (Å²) >= 11 is 0. The molecule has 0 radical (unpaired) electrons. The standard InChI is InChI=1S/C20H19FN2O2/c21-17-8-5-14(6-9-17)7-10-19(24)22-12-11-16-13-15-3-1-2-4-18(15)23-20(16)25/h1-6,8-9,13H,7,10-12H2,(H,22,24)(H,23,25). The van der Waals surface area contributed by atoms with Gasteiger partial charge in [-0.2, -0.15) is 0 Å². The molecule has 0 aliphatic heterocycles. The van der Waals surface area contributed by atoms with E-state index in [0.717, 1.165) is 16.5 Å². The quantitative estimate of drug-likeness (QED) is 0.726. The highest BCUT2D eigenvalue weighted by molar-refractivity contribution is 5.79. The summed E-state index contributed by atoms with van der Waals surface area (Å²) in [5.41, 5.74) is 2.25. The first-order valence-corrected chi connectivity index (χ1v) is 8.24. The number of aryl methyl sites for hydroxylation is 1. The van der Waals surface area contributed by atoms with E-state index in [1.165, 1.54) is 12.1 Å². The van der Waals surface area contributed by atoms with Crippen LogP contribution in [0, 0.1) is 5.82 Å². The van der Waals surface area contributed by atoms with Crippen molar-refractivity contribution in [2.45, 2.75) is 19.3 Å². The van der Waals surface area contributed by atoms with Crippen molar-refractivity contribution in [3.63, 3.8) is 0 Å². The van der Waals surface area contributed by atoms with Gasteiger partial charge in [0, 0.05) is 24.0 Å². The maximum atomic E-state index is 12.8. The number of nitrogens with one attached hydrogen (secondary N) is 2. The van der Waals surface area contributed by atoms with E-state index in [0.29, 0.717) is 31.4 Å². The lowest BCUT2D eigenvalue weighted by atomic mass is 10.1. The van der Waals surface area contributed by atoms with E-state index in [1.54, 1.807) is 12.1 Å². The summed E-state index contributed by atoms with van der Waals surface area (Å²) in [5.74, 6) is -0.365. The molecule has 25 heavy (non-hydrogen) atoms. The van der Waals surface area contributed by atoms with Crippen LogP contribution in [0.1, 0.15) is 17.5 Å². The number of hydrogen-bond donors (Lipinski definition) is 2. The lowest BCUT2D eigenvalue weighted by molar-refractivity contribution is -0.121. The molecule has 2 N–H and O–H groups in total. The Morgan fingerprint density at radius 1 is 1.04 bits per heavy atom. The summed E-state index contributed by atoms with van der Waals surface area (Å²) < 4.78 is 12.8. The number of fused-ring (bicyclic) bond motifs is 1. The van der Waals surface area contributed by atoms with Crippen LogP contribution in [0.25, 0.3) is 10.9 Å². The number of pyridine rings is 1. The lowest BCUT2D eigenvalue weighted by Crippen LogP contribution is -2.27. The molecule has 0 atom stereocenters. The monoisotopic (exact) mass is 338 g/mol. The molecule has 5 heteroatoms. The molecule has 0 aliphatic carbocycles. The topological polar surface area (TPSA) is 62.0 Å². The van der Waals surface area contributed by atoms with Crippen LogP contribution < -0.4 is 10.9 Å². The number of amides is 1. The first-order chi connectivity index (χ1) is 12.1. The number of para-hydroxylation sites is 1. The number of rotatable bonds is 6. The Kier molecular flexibility index (Phi) is 5.23. The van der Waals surface area contributed by atoms with Gasteiger partial charge in [0.2, 0.25) is 5.91 Å². The molecule has 2 aromatic carbocycles. The van der Waals surface area contributed by atoms with Crippen LogP contribution in [0.3, 0.4) is 0 Å². The largest absolute Gasteiger partial charge is 0.356 e. The van der Waals surface area contributed by atoms with Crippen molar-refractivity contribution < 1.29 is 9.18 Å². The van der Waals surface area contributed by atoms with Crippen LogP contribution in [0.15, 0.2) is 59.4 Å². The van der Waals surface area contributed by atoms with Gasteiger partial charge in [0.1, 0.15) is 5.82 Å². The van der Waals surface area contributed by atoms with Gasteiger partial charge in [-0.1, -0.05) is 30.3 Å². The summed E-state index contributed by atoms with van der Waals surface area (Å²) in [6.45, 7) is 0.406. The second-order valence-corrected chi connectivity index (χ2v) is 5.94. The molecule has 0 bridgehead atoms. The van der Waals surface area contributed by atoms with Crippen molar-refractivity contribution in [2.24, 2.45) is 0 Å². The number of aromatic nitrogens is 1. The van der Waals surface area contributed by atoms with Crippen LogP contribution >= 0.6 is 0 Å². The Bertz CT molecular complexity index is 932. The number of carbonyl (C=O) groups is 1. The van der Waals surface area contributed by atoms with E-state index in [4.69, 9.17) is 0 Å². The number of carbonyl (C=O) groups excluding carboxylic acids is 1. The summed E-state index contributed by atoms with van der Waals surface area (Å²) in [4.78, 5) is 26.8. The summed E-state index contributed by atoms with van der Waals surface area (Å²) in [6.07, 6.45) is 1.37. The number of hydrogen-bond acceptors (Lipinski definition) is 2. The molecule has 128 valence electrons. The minimum absolute atomic E-state index is 0.0819.